The molecule has 3 rings (SSSR count). The van der Waals surface area contributed by atoms with Gasteiger partial charge in [0.05, 0.1) is 17.7 Å². The van der Waals surface area contributed by atoms with Crippen LogP contribution in [-0.4, -0.2) is 30.5 Å². The minimum Gasteiger partial charge on any atom is -0.503 e. The van der Waals surface area contributed by atoms with E-state index in [0.717, 1.165) is 25.1 Å². The van der Waals surface area contributed by atoms with Crippen molar-refractivity contribution in [2.45, 2.75) is 19.4 Å². The summed E-state index contributed by atoms with van der Waals surface area (Å²) in [6.07, 6.45) is 0.971. The SMILES string of the molecule is CCOc1cc(C2NN=C3CCNCC32)cc(Cl)c1O. The molecule has 1 fully saturated rings. The van der Waals surface area contributed by atoms with E-state index in [1.54, 1.807) is 6.07 Å². The third kappa shape index (κ3) is 2.31. The molecule has 3 N–H and O–H groups in total. The van der Waals surface area contributed by atoms with Gasteiger partial charge in [0, 0.05) is 31.1 Å². The lowest BCUT2D eigenvalue weighted by Gasteiger charge is -2.25. The van der Waals surface area contributed by atoms with Gasteiger partial charge in [0.15, 0.2) is 11.5 Å². The number of piperidine rings is 1. The van der Waals surface area contributed by atoms with Crippen LogP contribution in [0.3, 0.4) is 0 Å². The molecule has 20 heavy (non-hydrogen) atoms. The largest absolute Gasteiger partial charge is 0.503 e. The van der Waals surface area contributed by atoms with Crippen molar-refractivity contribution >= 4 is 17.3 Å². The number of phenols is 1. The Bertz CT molecular complexity index is 547. The number of nitrogens with one attached hydrogen (secondary N) is 2. The lowest BCUT2D eigenvalue weighted by atomic mass is 9.87. The van der Waals surface area contributed by atoms with E-state index in [-0.39, 0.29) is 11.8 Å². The first-order valence-electron chi connectivity index (χ1n) is 6.88. The third-order valence-electron chi connectivity index (χ3n) is 3.81. The highest BCUT2D eigenvalue weighted by molar-refractivity contribution is 6.32. The highest BCUT2D eigenvalue weighted by atomic mass is 35.5. The summed E-state index contributed by atoms with van der Waals surface area (Å²) in [4.78, 5) is 0. The summed E-state index contributed by atoms with van der Waals surface area (Å²) in [7, 11) is 0. The predicted molar refractivity (Wildman–Crippen MR) is 78.6 cm³/mol. The number of ether oxygens (including phenoxy) is 1. The van der Waals surface area contributed by atoms with Gasteiger partial charge < -0.3 is 20.6 Å². The monoisotopic (exact) mass is 295 g/mol. The summed E-state index contributed by atoms with van der Waals surface area (Å²) in [6, 6.07) is 3.70. The van der Waals surface area contributed by atoms with Gasteiger partial charge in [0.1, 0.15) is 0 Å². The summed E-state index contributed by atoms with van der Waals surface area (Å²) in [5.74, 6) is 0.756. The molecule has 2 heterocycles. The van der Waals surface area contributed by atoms with E-state index in [1.807, 2.05) is 13.0 Å². The standard InChI is InChI=1S/C14H18ClN3O2/c1-2-20-12-6-8(5-10(15)14(12)19)13-9-7-16-4-3-11(9)17-18-13/h5-6,9,13,16,18-19H,2-4,7H2,1H3. The third-order valence-corrected chi connectivity index (χ3v) is 4.10. The Morgan fingerprint density at radius 3 is 3.15 bits per heavy atom. The summed E-state index contributed by atoms with van der Waals surface area (Å²) in [5, 5.41) is 18.0. The quantitative estimate of drug-likeness (QED) is 0.798. The average molecular weight is 296 g/mol. The first-order valence-corrected chi connectivity index (χ1v) is 7.26. The maximum absolute atomic E-state index is 9.91. The predicted octanol–water partition coefficient (Wildman–Crippen LogP) is 2.05. The number of hydrazone groups is 1. The van der Waals surface area contributed by atoms with Crippen molar-refractivity contribution in [1.82, 2.24) is 10.7 Å². The number of benzene rings is 1. The van der Waals surface area contributed by atoms with Gasteiger partial charge in [-0.1, -0.05) is 11.6 Å². The smallest absolute Gasteiger partial charge is 0.176 e. The zero-order valence-electron chi connectivity index (χ0n) is 11.3. The van der Waals surface area contributed by atoms with Crippen LogP contribution in [-0.2, 0) is 0 Å². The molecule has 2 unspecified atom stereocenters. The molecule has 2 atom stereocenters. The summed E-state index contributed by atoms with van der Waals surface area (Å²) >= 11 is 6.10. The lowest BCUT2D eigenvalue weighted by molar-refractivity contribution is 0.317. The Labute approximate surface area is 123 Å². The minimum atomic E-state index is -0.00169. The molecule has 1 aromatic rings. The first kappa shape index (κ1) is 13.5. The summed E-state index contributed by atoms with van der Waals surface area (Å²) < 4.78 is 5.44. The van der Waals surface area contributed by atoms with Gasteiger partial charge in [-0.05, 0) is 24.6 Å². The number of hydrogen-bond acceptors (Lipinski definition) is 5. The van der Waals surface area contributed by atoms with Crippen molar-refractivity contribution in [2.24, 2.45) is 11.0 Å². The second-order valence-electron chi connectivity index (χ2n) is 5.05. The fourth-order valence-corrected chi connectivity index (χ4v) is 3.03. The molecule has 0 aromatic heterocycles. The van der Waals surface area contributed by atoms with Crippen LogP contribution < -0.4 is 15.5 Å². The summed E-state index contributed by atoms with van der Waals surface area (Å²) in [5.41, 5.74) is 5.38. The highest BCUT2D eigenvalue weighted by Gasteiger charge is 2.34. The fourth-order valence-electron chi connectivity index (χ4n) is 2.81. The van der Waals surface area contributed by atoms with Crippen LogP contribution in [0.25, 0.3) is 0 Å². The van der Waals surface area contributed by atoms with Crippen LogP contribution in [0.1, 0.15) is 24.9 Å². The van der Waals surface area contributed by atoms with Gasteiger partial charge in [0.25, 0.3) is 0 Å². The zero-order valence-corrected chi connectivity index (χ0v) is 12.1. The minimum absolute atomic E-state index is 0.00169. The van der Waals surface area contributed by atoms with Gasteiger partial charge in [-0.3, -0.25) is 0 Å². The molecule has 2 aliphatic heterocycles. The van der Waals surface area contributed by atoms with Gasteiger partial charge in [-0.15, -0.1) is 0 Å². The molecule has 0 spiro atoms. The van der Waals surface area contributed by atoms with E-state index in [0.29, 0.717) is 23.3 Å². The number of phenolic OH excluding ortho intramolecular Hbond substituents is 1. The molecule has 0 bridgehead atoms. The second kappa shape index (κ2) is 5.50. The van der Waals surface area contributed by atoms with Crippen LogP contribution in [0.2, 0.25) is 5.02 Å². The molecule has 2 aliphatic rings. The number of rotatable bonds is 3. The molecule has 0 amide bonds. The Balaban J connectivity index is 1.91. The first-order chi connectivity index (χ1) is 9.70. The van der Waals surface area contributed by atoms with E-state index in [2.05, 4.69) is 15.8 Å². The van der Waals surface area contributed by atoms with E-state index in [4.69, 9.17) is 16.3 Å². The Hall–Kier alpha value is -1.46. The Morgan fingerprint density at radius 1 is 1.50 bits per heavy atom. The second-order valence-corrected chi connectivity index (χ2v) is 5.46. The van der Waals surface area contributed by atoms with Gasteiger partial charge in [-0.2, -0.15) is 5.10 Å². The van der Waals surface area contributed by atoms with Gasteiger partial charge in [0.2, 0.25) is 0 Å². The molecule has 5 nitrogen and oxygen atoms in total. The molecule has 1 saturated heterocycles. The van der Waals surface area contributed by atoms with Crippen LogP contribution in [0, 0.1) is 5.92 Å². The van der Waals surface area contributed by atoms with Crippen molar-refractivity contribution in [3.8, 4) is 11.5 Å². The van der Waals surface area contributed by atoms with Crippen molar-refractivity contribution in [1.29, 1.82) is 0 Å². The molecule has 1 aromatic carbocycles. The molecular formula is C14H18ClN3O2. The van der Waals surface area contributed by atoms with Crippen molar-refractivity contribution in [3.63, 3.8) is 0 Å². The topological polar surface area (TPSA) is 65.9 Å². The lowest BCUT2D eigenvalue weighted by Crippen LogP contribution is -2.38. The van der Waals surface area contributed by atoms with Crippen molar-refractivity contribution in [3.05, 3.63) is 22.7 Å². The number of halogens is 1. The molecule has 0 aliphatic carbocycles. The normalized spacial score (nSPS) is 24.8. The average Bonchev–Trinajstić information content (AvgIpc) is 2.88. The molecule has 0 radical (unpaired) electrons. The van der Waals surface area contributed by atoms with Crippen LogP contribution in [0.15, 0.2) is 17.2 Å². The van der Waals surface area contributed by atoms with E-state index in [9.17, 15) is 5.11 Å². The highest BCUT2D eigenvalue weighted by Crippen LogP contribution is 2.40. The van der Waals surface area contributed by atoms with Crippen LogP contribution >= 0.6 is 11.6 Å². The van der Waals surface area contributed by atoms with Crippen LogP contribution in [0.4, 0.5) is 0 Å². The van der Waals surface area contributed by atoms with Crippen LogP contribution in [0.5, 0.6) is 11.5 Å². The number of hydrogen-bond donors (Lipinski definition) is 3. The molecule has 0 saturated carbocycles. The van der Waals surface area contributed by atoms with Gasteiger partial charge >= 0.3 is 0 Å². The maximum atomic E-state index is 9.91. The Morgan fingerprint density at radius 2 is 2.35 bits per heavy atom. The maximum Gasteiger partial charge on any atom is 0.176 e. The summed E-state index contributed by atoms with van der Waals surface area (Å²) in [6.45, 7) is 4.24. The zero-order chi connectivity index (χ0) is 14.1. The fraction of sp³-hybridized carbons (Fsp3) is 0.500. The van der Waals surface area contributed by atoms with Crippen molar-refractivity contribution < 1.29 is 9.84 Å². The number of aromatic hydroxyl groups is 1. The number of fused-ring (bicyclic) bond motifs is 1. The molecule has 6 heteroatoms. The van der Waals surface area contributed by atoms with Crippen molar-refractivity contribution in [2.75, 3.05) is 19.7 Å². The van der Waals surface area contributed by atoms with E-state index >= 15 is 0 Å². The number of nitrogens with zero attached hydrogens (tertiary/aromatic N) is 1. The molecule has 108 valence electrons. The van der Waals surface area contributed by atoms with E-state index < -0.39 is 0 Å². The van der Waals surface area contributed by atoms with Gasteiger partial charge in [-0.25, -0.2) is 0 Å². The Kier molecular flexibility index (Phi) is 3.72. The molecular weight excluding hydrogens is 278 g/mol. The van der Waals surface area contributed by atoms with E-state index in [1.165, 1.54) is 5.71 Å².